The summed E-state index contributed by atoms with van der Waals surface area (Å²) in [5.41, 5.74) is 0.344. The number of aromatic carboxylic acids is 1. The zero-order valence-electron chi connectivity index (χ0n) is 14.6. The van der Waals surface area contributed by atoms with Crippen LogP contribution >= 0.6 is 0 Å². The lowest BCUT2D eigenvalue weighted by molar-refractivity contribution is 0.0696. The van der Waals surface area contributed by atoms with E-state index in [0.717, 1.165) is 25.7 Å². The summed E-state index contributed by atoms with van der Waals surface area (Å²) >= 11 is 0. The van der Waals surface area contributed by atoms with Crippen LogP contribution in [0.4, 0.5) is 5.69 Å². The first-order valence-electron chi connectivity index (χ1n) is 8.58. The lowest BCUT2D eigenvalue weighted by atomic mass is 10.1. The summed E-state index contributed by atoms with van der Waals surface area (Å²) in [4.78, 5) is 11.2. The molecular weight excluding hydrogens is 344 g/mol. The van der Waals surface area contributed by atoms with Crippen molar-refractivity contribution < 1.29 is 23.1 Å². The minimum Gasteiger partial charge on any atom is -0.478 e. The molecule has 1 aromatic rings. The number of carbonyl (C=O) groups is 1. The molecule has 0 saturated carbocycles. The number of hydrogen-bond acceptors (Lipinski definition) is 5. The SMILES string of the molecule is CCC[C@@H](C)Nc1ccc(C(=O)O)cc1S(=O)(=O)NC[C@H]1CCCO1. The quantitative estimate of drug-likeness (QED) is 0.617. The van der Waals surface area contributed by atoms with Crippen LogP contribution in [0.1, 0.15) is 49.9 Å². The summed E-state index contributed by atoms with van der Waals surface area (Å²) in [7, 11) is -3.85. The molecule has 1 fully saturated rings. The van der Waals surface area contributed by atoms with Crippen molar-refractivity contribution in [2.45, 2.75) is 56.6 Å². The highest BCUT2D eigenvalue weighted by atomic mass is 32.2. The van der Waals surface area contributed by atoms with Gasteiger partial charge in [0.15, 0.2) is 0 Å². The highest BCUT2D eigenvalue weighted by Crippen LogP contribution is 2.25. The number of anilines is 1. The van der Waals surface area contributed by atoms with Gasteiger partial charge in [0.05, 0.1) is 17.4 Å². The Morgan fingerprint density at radius 2 is 2.20 bits per heavy atom. The second-order valence-electron chi connectivity index (χ2n) is 6.34. The largest absolute Gasteiger partial charge is 0.478 e. The van der Waals surface area contributed by atoms with Gasteiger partial charge in [0, 0.05) is 19.2 Å². The van der Waals surface area contributed by atoms with Crippen LogP contribution in [0.3, 0.4) is 0 Å². The van der Waals surface area contributed by atoms with Crippen LogP contribution in [0, 0.1) is 0 Å². The van der Waals surface area contributed by atoms with E-state index in [1.54, 1.807) is 0 Å². The van der Waals surface area contributed by atoms with Crippen LogP contribution in [-0.2, 0) is 14.8 Å². The predicted molar refractivity (Wildman–Crippen MR) is 95.6 cm³/mol. The van der Waals surface area contributed by atoms with Gasteiger partial charge in [-0.2, -0.15) is 0 Å². The fourth-order valence-corrected chi connectivity index (χ4v) is 4.11. The molecule has 1 aliphatic rings. The smallest absolute Gasteiger partial charge is 0.335 e. The van der Waals surface area contributed by atoms with E-state index in [1.807, 2.05) is 13.8 Å². The Bertz CT molecular complexity index is 699. The first-order valence-corrected chi connectivity index (χ1v) is 10.1. The van der Waals surface area contributed by atoms with Gasteiger partial charge >= 0.3 is 5.97 Å². The molecule has 25 heavy (non-hydrogen) atoms. The fourth-order valence-electron chi connectivity index (χ4n) is 2.85. The van der Waals surface area contributed by atoms with E-state index < -0.39 is 16.0 Å². The van der Waals surface area contributed by atoms with Gasteiger partial charge < -0.3 is 15.2 Å². The maximum Gasteiger partial charge on any atom is 0.335 e. The summed E-state index contributed by atoms with van der Waals surface area (Å²) in [6, 6.07) is 4.19. The standard InChI is InChI=1S/C17H26N2O5S/c1-3-5-12(2)19-15-8-7-13(17(20)21)10-16(15)25(22,23)18-11-14-6-4-9-24-14/h7-8,10,12,14,18-19H,3-6,9,11H2,1-2H3,(H,20,21)/t12-,14-/m1/s1. The van der Waals surface area contributed by atoms with Crippen molar-refractivity contribution in [3.05, 3.63) is 23.8 Å². The molecule has 8 heteroatoms. The maximum atomic E-state index is 12.7. The van der Waals surface area contributed by atoms with Gasteiger partial charge in [-0.05, 0) is 44.4 Å². The van der Waals surface area contributed by atoms with Gasteiger partial charge in [-0.3, -0.25) is 0 Å². The summed E-state index contributed by atoms with van der Waals surface area (Å²) in [5.74, 6) is -1.16. The topological polar surface area (TPSA) is 105 Å². The maximum absolute atomic E-state index is 12.7. The molecule has 1 saturated heterocycles. The molecule has 2 atom stereocenters. The lowest BCUT2D eigenvalue weighted by Crippen LogP contribution is -2.32. The number of sulfonamides is 1. The monoisotopic (exact) mass is 370 g/mol. The van der Waals surface area contributed by atoms with Gasteiger partial charge in [-0.1, -0.05) is 13.3 Å². The summed E-state index contributed by atoms with van der Waals surface area (Å²) in [5, 5.41) is 12.3. The van der Waals surface area contributed by atoms with E-state index in [-0.39, 0.29) is 29.1 Å². The van der Waals surface area contributed by atoms with Crippen molar-refractivity contribution in [3.63, 3.8) is 0 Å². The molecule has 1 aliphatic heterocycles. The lowest BCUT2D eigenvalue weighted by Gasteiger charge is -2.19. The molecule has 0 radical (unpaired) electrons. The average molecular weight is 370 g/mol. The first-order chi connectivity index (χ1) is 11.8. The molecular formula is C17H26N2O5S. The fraction of sp³-hybridized carbons (Fsp3) is 0.588. The van der Waals surface area contributed by atoms with E-state index in [9.17, 15) is 18.3 Å². The van der Waals surface area contributed by atoms with Crippen LogP contribution in [0.15, 0.2) is 23.1 Å². The van der Waals surface area contributed by atoms with Crippen LogP contribution < -0.4 is 10.0 Å². The van der Waals surface area contributed by atoms with Crippen molar-refractivity contribution in [2.75, 3.05) is 18.5 Å². The Morgan fingerprint density at radius 1 is 1.44 bits per heavy atom. The highest BCUT2D eigenvalue weighted by molar-refractivity contribution is 7.89. The molecule has 0 spiro atoms. The number of carboxylic acid groups (broad SMARTS) is 1. The molecule has 1 heterocycles. The summed E-state index contributed by atoms with van der Waals surface area (Å²) < 4.78 is 33.4. The van der Waals surface area contributed by atoms with E-state index in [4.69, 9.17) is 4.74 Å². The third kappa shape index (κ3) is 5.42. The molecule has 1 aromatic carbocycles. The number of carboxylic acids is 1. The van der Waals surface area contributed by atoms with Crippen molar-refractivity contribution in [1.82, 2.24) is 4.72 Å². The molecule has 0 aromatic heterocycles. The van der Waals surface area contributed by atoms with Crippen molar-refractivity contribution in [1.29, 1.82) is 0 Å². The van der Waals surface area contributed by atoms with Gasteiger partial charge in [0.1, 0.15) is 4.90 Å². The van der Waals surface area contributed by atoms with Crippen molar-refractivity contribution in [3.8, 4) is 0 Å². The van der Waals surface area contributed by atoms with E-state index >= 15 is 0 Å². The third-order valence-corrected chi connectivity index (χ3v) is 5.63. The molecule has 140 valence electrons. The van der Waals surface area contributed by atoms with E-state index in [2.05, 4.69) is 10.0 Å². The number of ether oxygens (including phenoxy) is 1. The summed E-state index contributed by atoms with van der Waals surface area (Å²) in [6.45, 7) is 4.84. The molecule has 0 amide bonds. The zero-order valence-corrected chi connectivity index (χ0v) is 15.4. The van der Waals surface area contributed by atoms with Gasteiger partial charge in [-0.25, -0.2) is 17.9 Å². The first kappa shape index (κ1) is 19.7. The molecule has 3 N–H and O–H groups in total. The van der Waals surface area contributed by atoms with E-state index in [0.29, 0.717) is 12.3 Å². The second kappa shape index (κ2) is 8.64. The molecule has 0 aliphatic carbocycles. The zero-order chi connectivity index (χ0) is 18.4. The van der Waals surface area contributed by atoms with Crippen LogP contribution in [0.5, 0.6) is 0 Å². The van der Waals surface area contributed by atoms with Crippen molar-refractivity contribution >= 4 is 21.7 Å². The third-order valence-electron chi connectivity index (χ3n) is 4.17. The number of hydrogen-bond donors (Lipinski definition) is 3. The Labute approximate surface area is 148 Å². The number of rotatable bonds is 9. The van der Waals surface area contributed by atoms with Gasteiger partial charge in [-0.15, -0.1) is 0 Å². The van der Waals surface area contributed by atoms with E-state index in [1.165, 1.54) is 18.2 Å². The molecule has 0 bridgehead atoms. The van der Waals surface area contributed by atoms with Crippen molar-refractivity contribution in [2.24, 2.45) is 0 Å². The Balaban J connectivity index is 2.26. The van der Waals surface area contributed by atoms with Crippen LogP contribution in [0.2, 0.25) is 0 Å². The molecule has 7 nitrogen and oxygen atoms in total. The van der Waals surface area contributed by atoms with Crippen LogP contribution in [0.25, 0.3) is 0 Å². The minimum absolute atomic E-state index is 0.0478. The summed E-state index contributed by atoms with van der Waals surface area (Å²) in [6.07, 6.45) is 3.44. The predicted octanol–water partition coefficient (Wildman–Crippen LogP) is 2.44. The Hall–Kier alpha value is -1.64. The van der Waals surface area contributed by atoms with Gasteiger partial charge in [0.2, 0.25) is 10.0 Å². The molecule has 0 unspecified atom stereocenters. The van der Waals surface area contributed by atoms with Crippen LogP contribution in [-0.4, -0.2) is 44.8 Å². The van der Waals surface area contributed by atoms with Gasteiger partial charge in [0.25, 0.3) is 0 Å². The number of nitrogens with one attached hydrogen (secondary N) is 2. The average Bonchev–Trinajstić information content (AvgIpc) is 3.07. The molecule has 2 rings (SSSR count). The highest BCUT2D eigenvalue weighted by Gasteiger charge is 2.24. The number of benzene rings is 1. The Morgan fingerprint density at radius 3 is 2.80 bits per heavy atom. The normalized spacial score (nSPS) is 18.9. The Kier molecular flexibility index (Phi) is 6.80. The second-order valence-corrected chi connectivity index (χ2v) is 8.07. The minimum atomic E-state index is -3.85.